The standard InChI is InChI=1S/C20H25N3O4S/c1-3-23(4-2)19-18(20(24)25)12-16(13-21-19)22-28(26,27)17-10-9-14-7-5-6-8-15(14)11-17/h9-13,22H,3-8H2,1-2H3,(H,24,25). The van der Waals surface area contributed by atoms with Gasteiger partial charge in [0.2, 0.25) is 0 Å². The van der Waals surface area contributed by atoms with Crippen LogP contribution in [0.3, 0.4) is 0 Å². The molecule has 0 unspecified atom stereocenters. The maximum absolute atomic E-state index is 12.8. The highest BCUT2D eigenvalue weighted by molar-refractivity contribution is 7.92. The number of aryl methyl sites for hydroxylation is 2. The number of nitrogens with one attached hydrogen (secondary N) is 1. The molecule has 0 amide bonds. The van der Waals surface area contributed by atoms with Gasteiger partial charge in [-0.1, -0.05) is 6.07 Å². The van der Waals surface area contributed by atoms with Crippen LogP contribution >= 0.6 is 0 Å². The minimum Gasteiger partial charge on any atom is -0.478 e. The topological polar surface area (TPSA) is 99.6 Å². The van der Waals surface area contributed by atoms with E-state index >= 15 is 0 Å². The zero-order valence-corrected chi connectivity index (χ0v) is 16.9. The van der Waals surface area contributed by atoms with E-state index in [-0.39, 0.29) is 16.1 Å². The van der Waals surface area contributed by atoms with Crippen LogP contribution in [0.2, 0.25) is 0 Å². The molecule has 0 saturated heterocycles. The Hall–Kier alpha value is -2.61. The van der Waals surface area contributed by atoms with Crippen LogP contribution in [0.25, 0.3) is 0 Å². The van der Waals surface area contributed by atoms with Crippen molar-refractivity contribution in [3.8, 4) is 0 Å². The van der Waals surface area contributed by atoms with Crippen LogP contribution < -0.4 is 9.62 Å². The van der Waals surface area contributed by atoms with Gasteiger partial charge < -0.3 is 10.0 Å². The molecule has 1 heterocycles. The molecule has 0 saturated carbocycles. The number of rotatable bonds is 7. The van der Waals surface area contributed by atoms with E-state index in [2.05, 4.69) is 9.71 Å². The number of benzene rings is 1. The molecule has 0 radical (unpaired) electrons. The number of hydrogen-bond donors (Lipinski definition) is 2. The van der Waals surface area contributed by atoms with Gasteiger partial charge in [-0.3, -0.25) is 4.72 Å². The first-order chi connectivity index (χ1) is 13.4. The van der Waals surface area contributed by atoms with Crippen LogP contribution in [-0.4, -0.2) is 37.6 Å². The fourth-order valence-electron chi connectivity index (χ4n) is 3.54. The molecule has 0 aliphatic heterocycles. The number of pyridine rings is 1. The van der Waals surface area contributed by atoms with E-state index in [4.69, 9.17) is 0 Å². The highest BCUT2D eigenvalue weighted by Crippen LogP contribution is 2.26. The minimum atomic E-state index is -3.83. The number of nitrogens with zero attached hydrogens (tertiary/aromatic N) is 2. The van der Waals surface area contributed by atoms with Gasteiger partial charge in [-0.05, 0) is 68.9 Å². The minimum absolute atomic E-state index is 0.0330. The molecule has 1 aromatic heterocycles. The molecule has 28 heavy (non-hydrogen) atoms. The van der Waals surface area contributed by atoms with Crippen LogP contribution in [0.4, 0.5) is 11.5 Å². The highest BCUT2D eigenvalue weighted by Gasteiger charge is 2.21. The molecule has 3 rings (SSSR count). The molecule has 2 N–H and O–H groups in total. The van der Waals surface area contributed by atoms with Crippen LogP contribution in [-0.2, 0) is 22.9 Å². The third kappa shape index (κ3) is 4.11. The van der Waals surface area contributed by atoms with Crippen molar-refractivity contribution in [2.24, 2.45) is 0 Å². The summed E-state index contributed by atoms with van der Waals surface area (Å²) in [6, 6.07) is 6.50. The lowest BCUT2D eigenvalue weighted by molar-refractivity contribution is 0.0697. The number of carbonyl (C=O) groups is 1. The van der Waals surface area contributed by atoms with Crippen molar-refractivity contribution >= 4 is 27.5 Å². The third-order valence-corrected chi connectivity index (χ3v) is 6.42. The summed E-state index contributed by atoms with van der Waals surface area (Å²) < 4.78 is 28.1. The maximum Gasteiger partial charge on any atom is 0.339 e. The molecule has 0 bridgehead atoms. The summed E-state index contributed by atoms with van der Waals surface area (Å²) in [5.41, 5.74) is 2.36. The Balaban J connectivity index is 1.92. The summed E-state index contributed by atoms with van der Waals surface area (Å²) >= 11 is 0. The van der Waals surface area contributed by atoms with Gasteiger partial charge in [-0.25, -0.2) is 18.2 Å². The highest BCUT2D eigenvalue weighted by atomic mass is 32.2. The first kappa shape index (κ1) is 20.1. The van der Waals surface area contributed by atoms with Gasteiger partial charge in [0, 0.05) is 13.1 Å². The molecular formula is C20H25N3O4S. The number of aromatic carboxylic acids is 1. The van der Waals surface area contributed by atoms with Crippen LogP contribution in [0.15, 0.2) is 35.4 Å². The lowest BCUT2D eigenvalue weighted by Gasteiger charge is -2.22. The fourth-order valence-corrected chi connectivity index (χ4v) is 4.62. The van der Waals surface area contributed by atoms with E-state index in [1.54, 1.807) is 12.1 Å². The van der Waals surface area contributed by atoms with Gasteiger partial charge in [0.1, 0.15) is 11.4 Å². The van der Waals surface area contributed by atoms with Crippen molar-refractivity contribution in [1.82, 2.24) is 4.98 Å². The quantitative estimate of drug-likeness (QED) is 0.736. The van der Waals surface area contributed by atoms with E-state index in [1.165, 1.54) is 17.8 Å². The second-order valence-electron chi connectivity index (χ2n) is 6.82. The number of carboxylic acids is 1. The molecule has 0 fully saturated rings. The summed E-state index contributed by atoms with van der Waals surface area (Å²) in [6.45, 7) is 5.01. The lowest BCUT2D eigenvalue weighted by atomic mass is 9.92. The Kier molecular flexibility index (Phi) is 5.88. The molecule has 150 valence electrons. The average Bonchev–Trinajstić information content (AvgIpc) is 2.69. The first-order valence-electron chi connectivity index (χ1n) is 9.48. The molecule has 1 aromatic carbocycles. The summed E-state index contributed by atoms with van der Waals surface area (Å²) in [6.07, 6.45) is 5.39. The molecule has 0 atom stereocenters. The van der Waals surface area contributed by atoms with E-state index in [9.17, 15) is 18.3 Å². The largest absolute Gasteiger partial charge is 0.478 e. The van der Waals surface area contributed by atoms with E-state index in [0.717, 1.165) is 31.2 Å². The Bertz CT molecular complexity index is 985. The monoisotopic (exact) mass is 403 g/mol. The van der Waals surface area contributed by atoms with Crippen molar-refractivity contribution in [2.75, 3.05) is 22.7 Å². The van der Waals surface area contributed by atoms with Crippen molar-refractivity contribution in [1.29, 1.82) is 0 Å². The van der Waals surface area contributed by atoms with E-state index in [0.29, 0.717) is 18.9 Å². The van der Waals surface area contributed by atoms with Gasteiger partial charge in [-0.2, -0.15) is 0 Å². The number of fused-ring (bicyclic) bond motifs is 1. The van der Waals surface area contributed by atoms with Crippen molar-refractivity contribution in [2.45, 2.75) is 44.4 Å². The first-order valence-corrected chi connectivity index (χ1v) is 11.0. The molecule has 2 aromatic rings. The second-order valence-corrected chi connectivity index (χ2v) is 8.50. The smallest absolute Gasteiger partial charge is 0.339 e. The molecule has 0 spiro atoms. The summed E-state index contributed by atoms with van der Waals surface area (Å²) in [7, 11) is -3.83. The van der Waals surface area contributed by atoms with Crippen LogP contribution in [0.5, 0.6) is 0 Å². The van der Waals surface area contributed by atoms with Gasteiger partial charge in [-0.15, -0.1) is 0 Å². The SMILES string of the molecule is CCN(CC)c1ncc(NS(=O)(=O)c2ccc3c(c2)CCCC3)cc1C(=O)O. The van der Waals surface area contributed by atoms with Crippen LogP contribution in [0.1, 0.15) is 48.2 Å². The van der Waals surface area contributed by atoms with Crippen molar-refractivity contribution in [3.05, 3.63) is 47.2 Å². The van der Waals surface area contributed by atoms with Crippen molar-refractivity contribution in [3.63, 3.8) is 0 Å². The molecule has 7 nitrogen and oxygen atoms in total. The zero-order chi connectivity index (χ0) is 20.3. The third-order valence-electron chi connectivity index (χ3n) is 5.04. The van der Waals surface area contributed by atoms with E-state index in [1.807, 2.05) is 24.8 Å². The molecule has 1 aliphatic carbocycles. The molecular weight excluding hydrogens is 378 g/mol. The van der Waals surface area contributed by atoms with Crippen molar-refractivity contribution < 1.29 is 18.3 Å². The van der Waals surface area contributed by atoms with E-state index < -0.39 is 16.0 Å². The summed E-state index contributed by atoms with van der Waals surface area (Å²) in [4.78, 5) is 17.9. The van der Waals surface area contributed by atoms with Gasteiger partial charge in [0.25, 0.3) is 10.0 Å². The number of carboxylic acid groups (broad SMARTS) is 1. The fraction of sp³-hybridized carbons (Fsp3) is 0.400. The van der Waals surface area contributed by atoms with Crippen LogP contribution in [0, 0.1) is 0 Å². The summed E-state index contributed by atoms with van der Waals surface area (Å²) in [5, 5.41) is 9.53. The number of sulfonamides is 1. The predicted octanol–water partition coefficient (Wildman–Crippen LogP) is 3.31. The predicted molar refractivity (Wildman–Crippen MR) is 109 cm³/mol. The number of hydrogen-bond acceptors (Lipinski definition) is 5. The maximum atomic E-state index is 12.8. The van der Waals surface area contributed by atoms with Gasteiger partial charge >= 0.3 is 5.97 Å². The Morgan fingerprint density at radius 3 is 2.46 bits per heavy atom. The number of anilines is 2. The summed E-state index contributed by atoms with van der Waals surface area (Å²) in [5.74, 6) is -0.821. The zero-order valence-electron chi connectivity index (χ0n) is 16.1. The normalized spacial score (nSPS) is 13.6. The Morgan fingerprint density at radius 1 is 1.14 bits per heavy atom. The molecule has 1 aliphatic rings. The second kappa shape index (κ2) is 8.18. The lowest BCUT2D eigenvalue weighted by Crippen LogP contribution is -2.25. The average molecular weight is 404 g/mol. The number of aromatic nitrogens is 1. The van der Waals surface area contributed by atoms with Gasteiger partial charge in [0.05, 0.1) is 16.8 Å². The Morgan fingerprint density at radius 2 is 1.82 bits per heavy atom. The Labute approximate surface area is 165 Å². The molecule has 8 heteroatoms. The van der Waals surface area contributed by atoms with Gasteiger partial charge in [0.15, 0.2) is 0 Å².